The van der Waals surface area contributed by atoms with E-state index >= 15 is 0 Å². The Balaban J connectivity index is 2.82. The van der Waals surface area contributed by atoms with Gasteiger partial charge in [0, 0.05) is 0 Å². The van der Waals surface area contributed by atoms with Crippen LogP contribution in [0.15, 0.2) is 18.2 Å². The lowest BCUT2D eigenvalue weighted by Gasteiger charge is -2.08. The van der Waals surface area contributed by atoms with Gasteiger partial charge in [-0.05, 0) is 18.6 Å². The molecule has 15 heavy (non-hydrogen) atoms. The Hall–Kier alpha value is -2.02. The minimum absolute atomic E-state index is 0.0641. The highest BCUT2D eigenvalue weighted by Crippen LogP contribution is 2.17. The molecule has 0 aliphatic carbocycles. The molecule has 0 aliphatic rings. The van der Waals surface area contributed by atoms with Gasteiger partial charge in [0.1, 0.15) is 12.6 Å². The number of nitriles is 1. The summed E-state index contributed by atoms with van der Waals surface area (Å²) in [5.41, 5.74) is 2.09. The molecule has 0 amide bonds. The zero-order valence-corrected chi connectivity index (χ0v) is 8.70. The van der Waals surface area contributed by atoms with E-state index in [0.29, 0.717) is 11.3 Å². The molecule has 1 rings (SSSR count). The number of carbonyl (C=O) groups is 1. The fourth-order valence-corrected chi connectivity index (χ4v) is 1.20. The number of nitrogens with zero attached hydrogens (tertiary/aromatic N) is 1. The van der Waals surface area contributed by atoms with Crippen LogP contribution in [0.1, 0.15) is 11.1 Å². The number of benzene rings is 1. The lowest BCUT2D eigenvalue weighted by molar-refractivity contribution is -0.138. The van der Waals surface area contributed by atoms with E-state index in [0.717, 1.165) is 5.56 Å². The Labute approximate surface area is 88.5 Å². The number of hydrogen-bond donors (Lipinski definition) is 1. The first-order chi connectivity index (χ1) is 7.19. The van der Waals surface area contributed by atoms with Crippen LogP contribution in [-0.2, 0) is 9.53 Å². The molecule has 0 atom stereocenters. The van der Waals surface area contributed by atoms with Crippen LogP contribution in [-0.4, -0.2) is 19.6 Å². The van der Waals surface area contributed by atoms with Gasteiger partial charge in [0.15, 0.2) is 0 Å². The molecule has 78 valence electrons. The molecule has 0 aliphatic heterocycles. The number of anilines is 1. The van der Waals surface area contributed by atoms with Gasteiger partial charge in [0.25, 0.3) is 0 Å². The SMILES string of the molecule is COC(=O)CNc1cccc(C)c1C#N. The first-order valence-electron chi connectivity index (χ1n) is 4.49. The zero-order chi connectivity index (χ0) is 11.3. The quantitative estimate of drug-likeness (QED) is 0.757. The molecular weight excluding hydrogens is 192 g/mol. The van der Waals surface area contributed by atoms with Gasteiger partial charge in [0.2, 0.25) is 0 Å². The number of ether oxygens (including phenoxy) is 1. The first kappa shape index (κ1) is 11.1. The number of hydrogen-bond acceptors (Lipinski definition) is 4. The molecule has 4 heteroatoms. The van der Waals surface area contributed by atoms with Gasteiger partial charge < -0.3 is 10.1 Å². The van der Waals surface area contributed by atoms with Gasteiger partial charge in [-0.2, -0.15) is 5.26 Å². The molecule has 0 spiro atoms. The van der Waals surface area contributed by atoms with Crippen LogP contribution in [0.4, 0.5) is 5.69 Å². The summed E-state index contributed by atoms with van der Waals surface area (Å²) in [6.07, 6.45) is 0. The van der Waals surface area contributed by atoms with Gasteiger partial charge in [-0.15, -0.1) is 0 Å². The van der Waals surface area contributed by atoms with Crippen LogP contribution in [0, 0.1) is 18.3 Å². The van der Waals surface area contributed by atoms with E-state index in [2.05, 4.69) is 16.1 Å². The number of rotatable bonds is 3. The largest absolute Gasteiger partial charge is 0.468 e. The first-order valence-corrected chi connectivity index (χ1v) is 4.49. The molecule has 0 bridgehead atoms. The molecular formula is C11H12N2O2. The maximum absolute atomic E-state index is 10.9. The Morgan fingerprint density at radius 3 is 2.93 bits per heavy atom. The normalized spacial score (nSPS) is 9.13. The van der Waals surface area contributed by atoms with E-state index in [-0.39, 0.29) is 12.5 Å². The molecule has 0 fully saturated rings. The number of carbonyl (C=O) groups excluding carboxylic acids is 1. The second-order valence-electron chi connectivity index (χ2n) is 3.04. The van der Waals surface area contributed by atoms with Crippen molar-refractivity contribution in [3.05, 3.63) is 29.3 Å². The minimum Gasteiger partial charge on any atom is -0.468 e. The van der Waals surface area contributed by atoms with E-state index < -0.39 is 0 Å². The predicted molar refractivity (Wildman–Crippen MR) is 56.4 cm³/mol. The maximum Gasteiger partial charge on any atom is 0.325 e. The van der Waals surface area contributed by atoms with E-state index in [4.69, 9.17) is 5.26 Å². The third-order valence-electron chi connectivity index (χ3n) is 2.04. The van der Waals surface area contributed by atoms with E-state index in [1.54, 1.807) is 6.07 Å². The Morgan fingerprint density at radius 2 is 2.33 bits per heavy atom. The van der Waals surface area contributed by atoms with Crippen molar-refractivity contribution in [2.75, 3.05) is 19.0 Å². The van der Waals surface area contributed by atoms with Gasteiger partial charge in [0.05, 0.1) is 18.4 Å². The van der Waals surface area contributed by atoms with Crippen molar-refractivity contribution >= 4 is 11.7 Å². The molecule has 4 nitrogen and oxygen atoms in total. The van der Waals surface area contributed by atoms with E-state index in [1.165, 1.54) is 7.11 Å². The fraction of sp³-hybridized carbons (Fsp3) is 0.273. The topological polar surface area (TPSA) is 62.1 Å². The monoisotopic (exact) mass is 204 g/mol. The van der Waals surface area contributed by atoms with Crippen molar-refractivity contribution in [2.45, 2.75) is 6.92 Å². The summed E-state index contributed by atoms with van der Waals surface area (Å²) in [6, 6.07) is 7.53. The molecule has 0 saturated heterocycles. The highest BCUT2D eigenvalue weighted by atomic mass is 16.5. The molecule has 0 heterocycles. The van der Waals surface area contributed by atoms with Crippen molar-refractivity contribution in [3.63, 3.8) is 0 Å². The number of methoxy groups -OCH3 is 1. The number of aryl methyl sites for hydroxylation is 1. The third kappa shape index (κ3) is 2.71. The Morgan fingerprint density at radius 1 is 1.60 bits per heavy atom. The molecule has 1 aromatic carbocycles. The standard InChI is InChI=1S/C11H12N2O2/c1-8-4-3-5-10(9(8)6-12)13-7-11(14)15-2/h3-5,13H,7H2,1-2H3. The fourth-order valence-electron chi connectivity index (χ4n) is 1.20. The molecule has 0 radical (unpaired) electrons. The highest BCUT2D eigenvalue weighted by Gasteiger charge is 2.06. The van der Waals surface area contributed by atoms with Crippen LogP contribution < -0.4 is 5.32 Å². The Bertz CT molecular complexity index is 408. The van der Waals surface area contributed by atoms with Gasteiger partial charge in [-0.3, -0.25) is 4.79 Å². The van der Waals surface area contributed by atoms with Crippen molar-refractivity contribution in [1.29, 1.82) is 5.26 Å². The van der Waals surface area contributed by atoms with Crippen molar-refractivity contribution < 1.29 is 9.53 Å². The minimum atomic E-state index is -0.361. The molecule has 0 unspecified atom stereocenters. The average Bonchev–Trinajstić information content (AvgIpc) is 2.25. The zero-order valence-electron chi connectivity index (χ0n) is 8.70. The van der Waals surface area contributed by atoms with E-state index in [1.807, 2.05) is 19.1 Å². The third-order valence-corrected chi connectivity index (χ3v) is 2.04. The van der Waals surface area contributed by atoms with Crippen LogP contribution in [0.25, 0.3) is 0 Å². The van der Waals surface area contributed by atoms with Gasteiger partial charge in [-0.25, -0.2) is 0 Å². The summed E-state index contributed by atoms with van der Waals surface area (Å²) in [6.45, 7) is 1.91. The average molecular weight is 204 g/mol. The summed E-state index contributed by atoms with van der Waals surface area (Å²) in [7, 11) is 1.32. The lowest BCUT2D eigenvalue weighted by atomic mass is 10.1. The summed E-state index contributed by atoms with van der Waals surface area (Å²) in [4.78, 5) is 10.9. The second-order valence-corrected chi connectivity index (χ2v) is 3.04. The van der Waals surface area contributed by atoms with Crippen molar-refractivity contribution in [3.8, 4) is 6.07 Å². The van der Waals surface area contributed by atoms with Crippen LogP contribution in [0.3, 0.4) is 0 Å². The Kier molecular flexibility index (Phi) is 3.69. The summed E-state index contributed by atoms with van der Waals surface area (Å²) in [5, 5.41) is 11.8. The predicted octanol–water partition coefficient (Wildman–Crippen LogP) is 1.45. The summed E-state index contributed by atoms with van der Waals surface area (Å²) < 4.78 is 4.49. The molecule has 1 aromatic rings. The second kappa shape index (κ2) is 5.01. The summed E-state index contributed by atoms with van der Waals surface area (Å²) in [5.74, 6) is -0.361. The van der Waals surface area contributed by atoms with Crippen LogP contribution in [0.2, 0.25) is 0 Å². The van der Waals surface area contributed by atoms with Crippen LogP contribution >= 0.6 is 0 Å². The number of esters is 1. The highest BCUT2D eigenvalue weighted by molar-refractivity contribution is 5.76. The van der Waals surface area contributed by atoms with Crippen LogP contribution in [0.5, 0.6) is 0 Å². The van der Waals surface area contributed by atoms with Gasteiger partial charge in [-0.1, -0.05) is 12.1 Å². The number of nitrogens with one attached hydrogen (secondary N) is 1. The van der Waals surface area contributed by atoms with Crippen molar-refractivity contribution in [2.24, 2.45) is 0 Å². The van der Waals surface area contributed by atoms with E-state index in [9.17, 15) is 4.79 Å². The smallest absolute Gasteiger partial charge is 0.325 e. The maximum atomic E-state index is 10.9. The summed E-state index contributed by atoms with van der Waals surface area (Å²) >= 11 is 0. The molecule has 1 N–H and O–H groups in total. The molecule has 0 aromatic heterocycles. The molecule has 0 saturated carbocycles. The van der Waals surface area contributed by atoms with Gasteiger partial charge >= 0.3 is 5.97 Å². The van der Waals surface area contributed by atoms with Crippen molar-refractivity contribution in [1.82, 2.24) is 0 Å². The lowest BCUT2D eigenvalue weighted by Crippen LogP contribution is -2.15.